The number of aromatic nitrogens is 1. The fourth-order valence-corrected chi connectivity index (χ4v) is 5.17. The van der Waals surface area contributed by atoms with Crippen molar-refractivity contribution in [3.63, 3.8) is 0 Å². The van der Waals surface area contributed by atoms with E-state index in [2.05, 4.69) is 9.69 Å². The highest BCUT2D eigenvalue weighted by atomic mass is 35.5. The number of phenols is 1. The minimum absolute atomic E-state index is 0.0343. The highest BCUT2D eigenvalue weighted by Crippen LogP contribution is 2.36. The van der Waals surface area contributed by atoms with E-state index < -0.39 is 11.9 Å². The zero-order valence-electron chi connectivity index (χ0n) is 19.0. The van der Waals surface area contributed by atoms with Gasteiger partial charge in [0.2, 0.25) is 5.91 Å². The molecule has 184 valence electrons. The Labute approximate surface area is 217 Å². The number of ether oxygens (including phenoxy) is 1. The van der Waals surface area contributed by atoms with Crippen molar-refractivity contribution >= 4 is 52.2 Å². The van der Waals surface area contributed by atoms with Crippen LogP contribution in [-0.4, -0.2) is 33.9 Å². The molecule has 0 spiro atoms. The Kier molecular flexibility index (Phi) is 8.15. The van der Waals surface area contributed by atoms with Crippen molar-refractivity contribution in [1.29, 1.82) is 0 Å². The maximum atomic E-state index is 13.9. The van der Waals surface area contributed by atoms with Crippen LogP contribution in [-0.2, 0) is 4.79 Å². The Morgan fingerprint density at radius 1 is 1.14 bits per heavy atom. The minimum Gasteiger partial charge on any atom is -0.508 e. The van der Waals surface area contributed by atoms with Crippen LogP contribution >= 0.6 is 34.7 Å². The van der Waals surface area contributed by atoms with E-state index in [1.807, 2.05) is 6.92 Å². The van der Waals surface area contributed by atoms with E-state index in [4.69, 9.17) is 27.9 Å². The second kappa shape index (κ2) is 11.3. The number of phenolic OH excluding ortho intramolecular Hbond substituents is 1. The maximum Gasteiger partial charge on any atom is 0.280 e. The monoisotopic (exact) mass is 533 g/mol. The van der Waals surface area contributed by atoms with E-state index in [0.717, 1.165) is 37.2 Å². The van der Waals surface area contributed by atoms with E-state index in [-0.39, 0.29) is 32.8 Å². The molecule has 1 aliphatic carbocycles. The zero-order valence-corrected chi connectivity index (χ0v) is 21.4. The molecule has 35 heavy (non-hydrogen) atoms. The van der Waals surface area contributed by atoms with Gasteiger partial charge in [-0.15, -0.1) is 0 Å². The molecule has 1 saturated carbocycles. The molecule has 0 bridgehead atoms. The first-order valence-electron chi connectivity index (χ1n) is 11.4. The smallest absolute Gasteiger partial charge is 0.280 e. The van der Waals surface area contributed by atoms with Gasteiger partial charge in [-0.1, -0.05) is 48.2 Å². The number of aromatic hydroxyl groups is 1. The van der Waals surface area contributed by atoms with Crippen LogP contribution < -0.4 is 15.0 Å². The zero-order chi connectivity index (χ0) is 24.9. The summed E-state index contributed by atoms with van der Waals surface area (Å²) in [7, 11) is 0. The van der Waals surface area contributed by atoms with Crippen molar-refractivity contribution in [2.24, 2.45) is 0 Å². The normalized spacial score (nSPS) is 14.5. The highest BCUT2D eigenvalue weighted by Gasteiger charge is 2.37. The molecule has 2 N–H and O–H groups in total. The summed E-state index contributed by atoms with van der Waals surface area (Å²) in [6.07, 6.45) is 3.86. The SMILES string of the molecule is CCOc1ccc(N(C(=O)c2nsc(Cl)c2Cl)[C@@H](C(=O)NC2CCCC2)c2ccc(O)cc2)cc1. The van der Waals surface area contributed by atoms with Gasteiger partial charge in [0.15, 0.2) is 5.69 Å². The fraction of sp³-hybridized carbons (Fsp3) is 0.320. The van der Waals surface area contributed by atoms with Crippen LogP contribution in [0.5, 0.6) is 11.5 Å². The summed E-state index contributed by atoms with van der Waals surface area (Å²) in [6.45, 7) is 2.38. The second-order valence-electron chi connectivity index (χ2n) is 8.20. The lowest BCUT2D eigenvalue weighted by molar-refractivity contribution is -0.123. The first-order chi connectivity index (χ1) is 16.9. The molecule has 1 aliphatic rings. The number of carbonyl (C=O) groups excluding carboxylic acids is 2. The van der Waals surface area contributed by atoms with Crippen molar-refractivity contribution in [2.45, 2.75) is 44.7 Å². The number of nitrogens with zero attached hydrogens (tertiary/aromatic N) is 2. The van der Waals surface area contributed by atoms with Crippen molar-refractivity contribution in [1.82, 2.24) is 9.69 Å². The standard InChI is InChI=1S/C25H25Cl2N3O4S/c1-2-34-19-13-9-17(10-14-19)30(25(33)21-20(26)23(27)35-29-21)22(15-7-11-18(31)12-8-15)24(32)28-16-5-3-4-6-16/h7-14,16,22,31H,2-6H2,1H3,(H,28,32)/t22-/m1/s1. The predicted molar refractivity (Wildman–Crippen MR) is 138 cm³/mol. The summed E-state index contributed by atoms with van der Waals surface area (Å²) < 4.78 is 9.89. The van der Waals surface area contributed by atoms with Crippen LogP contribution in [0.15, 0.2) is 48.5 Å². The topological polar surface area (TPSA) is 91.8 Å². The van der Waals surface area contributed by atoms with Gasteiger partial charge in [-0.05, 0) is 73.3 Å². The Morgan fingerprint density at radius 3 is 2.37 bits per heavy atom. The van der Waals surface area contributed by atoms with E-state index in [1.165, 1.54) is 17.0 Å². The largest absolute Gasteiger partial charge is 0.508 e. The third-order valence-corrected chi connectivity index (χ3v) is 7.47. The lowest BCUT2D eigenvalue weighted by atomic mass is 10.0. The predicted octanol–water partition coefficient (Wildman–Crippen LogP) is 6.00. The van der Waals surface area contributed by atoms with Gasteiger partial charge in [-0.3, -0.25) is 14.5 Å². The molecule has 3 aromatic rings. The third-order valence-electron chi connectivity index (χ3n) is 5.86. The van der Waals surface area contributed by atoms with Crippen LogP contribution in [0.2, 0.25) is 9.36 Å². The van der Waals surface area contributed by atoms with E-state index >= 15 is 0 Å². The molecule has 1 fully saturated rings. The Morgan fingerprint density at radius 2 is 1.80 bits per heavy atom. The quantitative estimate of drug-likeness (QED) is 0.370. The molecule has 7 nitrogen and oxygen atoms in total. The third kappa shape index (κ3) is 5.72. The van der Waals surface area contributed by atoms with Crippen LogP contribution in [0.25, 0.3) is 0 Å². The number of benzene rings is 2. The molecule has 2 aromatic carbocycles. The Hall–Kier alpha value is -2.81. The van der Waals surface area contributed by atoms with Crippen molar-refractivity contribution in [3.8, 4) is 11.5 Å². The lowest BCUT2D eigenvalue weighted by Crippen LogP contribution is -2.46. The van der Waals surface area contributed by atoms with Gasteiger partial charge in [-0.25, -0.2) is 0 Å². The van der Waals surface area contributed by atoms with Gasteiger partial charge in [0, 0.05) is 11.7 Å². The molecule has 4 rings (SSSR count). The first kappa shape index (κ1) is 25.3. The van der Waals surface area contributed by atoms with Gasteiger partial charge in [0.05, 0.1) is 6.61 Å². The molecule has 0 unspecified atom stereocenters. The number of anilines is 1. The van der Waals surface area contributed by atoms with Crippen LogP contribution in [0.1, 0.15) is 54.7 Å². The van der Waals surface area contributed by atoms with Gasteiger partial charge >= 0.3 is 0 Å². The number of rotatable bonds is 8. The summed E-state index contributed by atoms with van der Waals surface area (Å²) in [5.41, 5.74) is 0.948. The number of carbonyl (C=O) groups is 2. The van der Waals surface area contributed by atoms with Crippen LogP contribution in [0.3, 0.4) is 0 Å². The van der Waals surface area contributed by atoms with Crippen molar-refractivity contribution in [2.75, 3.05) is 11.5 Å². The molecule has 0 radical (unpaired) electrons. The van der Waals surface area contributed by atoms with Crippen LogP contribution in [0.4, 0.5) is 5.69 Å². The van der Waals surface area contributed by atoms with E-state index in [9.17, 15) is 14.7 Å². The first-order valence-corrected chi connectivity index (χ1v) is 12.9. The van der Waals surface area contributed by atoms with Gasteiger partial charge in [-0.2, -0.15) is 4.37 Å². The molecule has 10 heteroatoms. The number of nitrogens with one attached hydrogen (secondary N) is 1. The lowest BCUT2D eigenvalue weighted by Gasteiger charge is -2.32. The van der Waals surface area contributed by atoms with E-state index in [0.29, 0.717) is 23.6 Å². The average Bonchev–Trinajstić information content (AvgIpc) is 3.48. The van der Waals surface area contributed by atoms with Crippen molar-refractivity contribution < 1.29 is 19.4 Å². The minimum atomic E-state index is -1.04. The van der Waals surface area contributed by atoms with Gasteiger partial charge < -0.3 is 15.2 Å². The van der Waals surface area contributed by atoms with Gasteiger partial charge in [0.1, 0.15) is 26.9 Å². The second-order valence-corrected chi connectivity index (χ2v) is 9.96. The fourth-order valence-electron chi connectivity index (χ4n) is 4.18. The molecule has 0 aliphatic heterocycles. The summed E-state index contributed by atoms with van der Waals surface area (Å²) >= 11 is 13.3. The van der Waals surface area contributed by atoms with E-state index in [1.54, 1.807) is 36.4 Å². The highest BCUT2D eigenvalue weighted by molar-refractivity contribution is 7.11. The molecule has 0 saturated heterocycles. The molecular weight excluding hydrogens is 509 g/mol. The molecule has 2 amide bonds. The van der Waals surface area contributed by atoms with Crippen LogP contribution in [0, 0.1) is 0 Å². The number of amides is 2. The summed E-state index contributed by atoms with van der Waals surface area (Å²) in [6, 6.07) is 12.1. The Balaban J connectivity index is 1.82. The Bertz CT molecular complexity index is 1180. The number of hydrogen-bond donors (Lipinski definition) is 2. The number of hydrogen-bond acceptors (Lipinski definition) is 6. The van der Waals surface area contributed by atoms with Crippen molar-refractivity contribution in [3.05, 3.63) is 69.1 Å². The summed E-state index contributed by atoms with van der Waals surface area (Å²) in [5, 5.41) is 13.0. The average molecular weight is 534 g/mol. The summed E-state index contributed by atoms with van der Waals surface area (Å²) in [5.74, 6) is -0.212. The molecular formula is C25H25Cl2N3O4S. The number of halogens is 2. The maximum absolute atomic E-state index is 13.9. The summed E-state index contributed by atoms with van der Waals surface area (Å²) in [4.78, 5) is 29.0. The molecule has 1 heterocycles. The van der Waals surface area contributed by atoms with Gasteiger partial charge in [0.25, 0.3) is 5.91 Å². The molecule has 1 aromatic heterocycles. The molecule has 1 atom stereocenters.